The Morgan fingerprint density at radius 2 is 0.463 bits per heavy atom. The lowest BCUT2D eigenvalue weighted by molar-refractivity contribution is -0.887. The van der Waals surface area contributed by atoms with Gasteiger partial charge in [0.1, 0.15) is 52.7 Å². The van der Waals surface area contributed by atoms with Crippen LogP contribution in [0.5, 0.6) is 0 Å². The van der Waals surface area contributed by atoms with Gasteiger partial charge >= 0.3 is 0 Å². The van der Waals surface area contributed by atoms with Crippen molar-refractivity contribution in [1.29, 1.82) is 0 Å². The summed E-state index contributed by atoms with van der Waals surface area (Å²) in [5, 5.41) is 0. The van der Waals surface area contributed by atoms with Crippen LogP contribution < -0.4 is 26.8 Å². The van der Waals surface area contributed by atoms with Crippen LogP contribution in [0.4, 0.5) is 87.8 Å². The van der Waals surface area contributed by atoms with E-state index in [0.29, 0.717) is 0 Å². The molecule has 1 saturated carbocycles. The van der Waals surface area contributed by atoms with Gasteiger partial charge in [0.05, 0.1) is 20.1 Å². The summed E-state index contributed by atoms with van der Waals surface area (Å²) in [6.45, 7) is 0. The Morgan fingerprint density at radius 1 is 0.296 bits per heavy atom. The average Bonchev–Trinajstić information content (AvgIpc) is 3.15. The average molecular weight is 807 g/mol. The van der Waals surface area contributed by atoms with Gasteiger partial charge < -0.3 is 4.90 Å². The molecule has 1 fully saturated rings. The molecule has 54 heavy (non-hydrogen) atoms. The van der Waals surface area contributed by atoms with Crippen molar-refractivity contribution in [3.8, 4) is 0 Å². The Balaban J connectivity index is 0.000000631. The van der Waals surface area contributed by atoms with Gasteiger partial charge in [0.2, 0.25) is 0 Å². The molecule has 0 heterocycles. The fourth-order valence-corrected chi connectivity index (χ4v) is 6.55. The Labute approximate surface area is 289 Å². The van der Waals surface area contributed by atoms with E-state index in [1.54, 1.807) is 4.90 Å². The predicted octanol–water partition coefficient (Wildman–Crippen LogP) is 6.31. The van der Waals surface area contributed by atoms with Gasteiger partial charge in [-0.15, -0.1) is 21.9 Å². The van der Waals surface area contributed by atoms with Gasteiger partial charge in [0, 0.05) is 0 Å². The molecule has 1 aliphatic rings. The van der Waals surface area contributed by atoms with E-state index in [9.17, 15) is 52.7 Å². The number of rotatable bonds is 5. The maximum absolute atomic E-state index is 15.4. The zero-order valence-electron chi connectivity index (χ0n) is 26.7. The first-order valence-corrected chi connectivity index (χ1v) is 15.0. The standard InChI is InChI=1S/C24BF20.C8H17N/c26-5-1(6(27)14(35)21(42)13(5)34)25(2-7(28)15(36)22(43)16(37)8(2)29,3-9(30)17(38)23(44)18(39)10(3)31)4-11(32)19(40)24(45)20(41)12(4)33;1-9(2)8-6-4-3-5-7-8/h;8H,3-7H2,1-2H3/q-1;/p+1. The molecule has 5 rings (SSSR count). The molecular formula is C32H18BF20N. The third kappa shape index (κ3) is 6.32. The van der Waals surface area contributed by atoms with E-state index in [-0.39, 0.29) is 0 Å². The summed E-state index contributed by atoms with van der Waals surface area (Å²) in [6, 6.07) is 0.971. The first kappa shape index (κ1) is 42.2. The second-order valence-corrected chi connectivity index (χ2v) is 12.2. The summed E-state index contributed by atoms with van der Waals surface area (Å²) >= 11 is 0. The Hall–Kier alpha value is -4.50. The number of nitrogens with one attached hydrogen (secondary N) is 1. The van der Waals surface area contributed by atoms with Crippen molar-refractivity contribution >= 4 is 28.0 Å². The molecule has 0 saturated heterocycles. The lowest BCUT2D eigenvalue weighted by Crippen LogP contribution is -3.10. The van der Waals surface area contributed by atoms with Crippen LogP contribution >= 0.6 is 0 Å². The summed E-state index contributed by atoms with van der Waals surface area (Å²) in [4.78, 5) is 1.65. The van der Waals surface area contributed by atoms with Crippen molar-refractivity contribution < 1.29 is 92.7 Å². The molecule has 0 spiro atoms. The lowest BCUT2D eigenvalue weighted by atomic mass is 9.12. The van der Waals surface area contributed by atoms with Crippen LogP contribution in [0.1, 0.15) is 32.1 Å². The van der Waals surface area contributed by atoms with Crippen LogP contribution in [-0.2, 0) is 0 Å². The Bertz CT molecular complexity index is 1760. The van der Waals surface area contributed by atoms with Crippen molar-refractivity contribution in [2.45, 2.75) is 38.1 Å². The van der Waals surface area contributed by atoms with Crippen molar-refractivity contribution in [3.05, 3.63) is 116 Å². The molecule has 0 bridgehead atoms. The molecule has 0 atom stereocenters. The van der Waals surface area contributed by atoms with Crippen LogP contribution in [-0.4, -0.2) is 26.3 Å². The highest BCUT2D eigenvalue weighted by atomic mass is 19.2. The minimum absolute atomic E-state index is 0.971. The van der Waals surface area contributed by atoms with E-state index >= 15 is 35.1 Å². The molecule has 0 amide bonds. The molecule has 1 nitrogen and oxygen atoms in total. The van der Waals surface area contributed by atoms with E-state index in [1.807, 2.05) is 0 Å². The van der Waals surface area contributed by atoms with Gasteiger partial charge in [-0.3, -0.25) is 0 Å². The summed E-state index contributed by atoms with van der Waals surface area (Å²) in [5.74, 6) is -71.4. The third-order valence-corrected chi connectivity index (χ3v) is 9.13. The minimum Gasteiger partial charge on any atom is -0.337 e. The van der Waals surface area contributed by atoms with Gasteiger partial charge in [-0.25, -0.2) is 87.8 Å². The van der Waals surface area contributed by atoms with Gasteiger partial charge in [-0.2, -0.15) is 0 Å². The van der Waals surface area contributed by atoms with Gasteiger partial charge in [-0.1, -0.05) is 6.42 Å². The second-order valence-electron chi connectivity index (χ2n) is 12.2. The normalized spacial score (nSPS) is 13.8. The number of hydrogen-bond donors (Lipinski definition) is 1. The van der Waals surface area contributed by atoms with Crippen molar-refractivity contribution in [3.63, 3.8) is 0 Å². The number of halogens is 20. The summed E-state index contributed by atoms with van der Waals surface area (Å²) in [7, 11) is 4.55. The van der Waals surface area contributed by atoms with E-state index in [0.717, 1.165) is 6.04 Å². The topological polar surface area (TPSA) is 4.44 Å². The first-order valence-electron chi connectivity index (χ1n) is 15.0. The Morgan fingerprint density at radius 3 is 0.611 bits per heavy atom. The molecule has 0 aliphatic heterocycles. The SMILES string of the molecule is C[NH+](C)C1CCCCC1.Fc1c(F)c(F)c([B-](c2c(F)c(F)c(F)c(F)c2F)(c2c(F)c(F)c(F)c(F)c2F)c2c(F)c(F)c(F)c(F)c2F)c(F)c1F. The predicted molar refractivity (Wildman–Crippen MR) is 149 cm³/mol. The highest BCUT2D eigenvalue weighted by molar-refractivity contribution is 7.20. The second kappa shape index (κ2) is 15.3. The largest absolute Gasteiger partial charge is 0.337 e. The van der Waals surface area contributed by atoms with Crippen LogP contribution in [0, 0.1) is 116 Å². The number of hydrogen-bond acceptors (Lipinski definition) is 0. The zero-order chi connectivity index (χ0) is 41.0. The van der Waals surface area contributed by atoms with Crippen LogP contribution in [0.3, 0.4) is 0 Å². The van der Waals surface area contributed by atoms with E-state index in [1.165, 1.54) is 32.1 Å². The van der Waals surface area contributed by atoms with Crippen molar-refractivity contribution in [2.24, 2.45) is 0 Å². The molecular weight excluding hydrogens is 789 g/mol. The van der Waals surface area contributed by atoms with Crippen LogP contribution in [0.2, 0.25) is 0 Å². The van der Waals surface area contributed by atoms with Gasteiger partial charge in [0.15, 0.2) is 69.8 Å². The molecule has 0 radical (unpaired) electrons. The van der Waals surface area contributed by atoms with Gasteiger partial charge in [-0.05, 0) is 25.7 Å². The fraction of sp³-hybridized carbons (Fsp3) is 0.250. The highest BCUT2D eigenvalue weighted by Gasteiger charge is 2.52. The summed E-state index contributed by atoms with van der Waals surface area (Å²) in [5.41, 5.74) is -14.3. The Kier molecular flexibility index (Phi) is 12.0. The third-order valence-electron chi connectivity index (χ3n) is 9.13. The molecule has 0 aromatic heterocycles. The molecule has 4 aromatic carbocycles. The van der Waals surface area contributed by atoms with E-state index < -0.39 is 144 Å². The molecule has 1 N–H and O–H groups in total. The van der Waals surface area contributed by atoms with Crippen molar-refractivity contribution in [1.82, 2.24) is 0 Å². The lowest BCUT2D eigenvalue weighted by Gasteiger charge is -2.44. The molecule has 1 aliphatic carbocycles. The van der Waals surface area contributed by atoms with Gasteiger partial charge in [0.25, 0.3) is 0 Å². The zero-order valence-corrected chi connectivity index (χ0v) is 26.7. The van der Waals surface area contributed by atoms with Crippen molar-refractivity contribution in [2.75, 3.05) is 14.1 Å². The fourth-order valence-electron chi connectivity index (χ4n) is 6.55. The van der Waals surface area contributed by atoms with Crippen LogP contribution in [0.15, 0.2) is 0 Å². The number of benzene rings is 4. The molecule has 22 heteroatoms. The first-order chi connectivity index (χ1) is 25.0. The maximum atomic E-state index is 15.4. The molecule has 294 valence electrons. The molecule has 0 unspecified atom stereocenters. The minimum atomic E-state index is -7.22. The highest BCUT2D eigenvalue weighted by Crippen LogP contribution is 2.30. The monoisotopic (exact) mass is 807 g/mol. The summed E-state index contributed by atoms with van der Waals surface area (Å²) in [6.07, 6.45) is 0.116. The molecule has 4 aromatic rings. The van der Waals surface area contributed by atoms with Crippen LogP contribution in [0.25, 0.3) is 0 Å². The van der Waals surface area contributed by atoms with E-state index in [2.05, 4.69) is 14.1 Å². The smallest absolute Gasteiger partial charge is 0.200 e. The van der Waals surface area contributed by atoms with E-state index in [4.69, 9.17) is 0 Å². The maximum Gasteiger partial charge on any atom is 0.200 e. The number of quaternary nitrogens is 1. The summed E-state index contributed by atoms with van der Waals surface area (Å²) < 4.78 is 294. The quantitative estimate of drug-likeness (QED) is 0.105.